The summed E-state index contributed by atoms with van der Waals surface area (Å²) in [5.74, 6) is 0. The number of thiazole rings is 1. The van der Waals surface area contributed by atoms with Crippen LogP contribution in [0.3, 0.4) is 0 Å². The number of benzene rings is 1. The van der Waals surface area contributed by atoms with E-state index >= 15 is 0 Å². The summed E-state index contributed by atoms with van der Waals surface area (Å²) < 4.78 is 2.83. The lowest BCUT2D eigenvalue weighted by molar-refractivity contribution is 1.16. The minimum atomic E-state index is 0.0549. The smallest absolute Gasteiger partial charge is 0.268 e. The molecule has 94 valence electrons. The number of aryl methyl sites for hydroxylation is 2. The molecule has 0 saturated carbocycles. The fourth-order valence-corrected chi connectivity index (χ4v) is 4.48. The first-order valence-electron chi connectivity index (χ1n) is 5.97. The van der Waals surface area contributed by atoms with E-state index in [4.69, 9.17) is 0 Å². The third-order valence-electron chi connectivity index (χ3n) is 3.48. The van der Waals surface area contributed by atoms with E-state index in [9.17, 15) is 4.79 Å². The van der Waals surface area contributed by atoms with E-state index < -0.39 is 0 Å². The molecular weight excluding hydrogens is 276 g/mol. The van der Waals surface area contributed by atoms with Crippen LogP contribution in [0.1, 0.15) is 10.4 Å². The maximum atomic E-state index is 12.7. The minimum absolute atomic E-state index is 0.0549. The third kappa shape index (κ3) is 1.37. The van der Waals surface area contributed by atoms with Crippen LogP contribution < -0.4 is 5.56 Å². The largest absolute Gasteiger partial charge is 0.268 e. The SMILES string of the molecule is Cc1sc2nc3sc4ccccc4n3c(=O)c2c1C. The Morgan fingerprint density at radius 3 is 2.79 bits per heavy atom. The van der Waals surface area contributed by atoms with Crippen molar-refractivity contribution in [3.8, 4) is 0 Å². The van der Waals surface area contributed by atoms with E-state index in [1.165, 1.54) is 4.88 Å². The van der Waals surface area contributed by atoms with Crippen molar-refractivity contribution in [3.05, 3.63) is 45.1 Å². The van der Waals surface area contributed by atoms with E-state index in [1.807, 2.05) is 38.1 Å². The van der Waals surface area contributed by atoms with Crippen LogP contribution in [-0.4, -0.2) is 9.38 Å². The minimum Gasteiger partial charge on any atom is -0.268 e. The van der Waals surface area contributed by atoms with Gasteiger partial charge in [0.1, 0.15) is 4.83 Å². The zero-order chi connectivity index (χ0) is 13.1. The van der Waals surface area contributed by atoms with Crippen LogP contribution in [0.5, 0.6) is 0 Å². The van der Waals surface area contributed by atoms with Crippen LogP contribution in [0.2, 0.25) is 0 Å². The van der Waals surface area contributed by atoms with Gasteiger partial charge in [-0.25, -0.2) is 4.98 Å². The molecule has 0 N–H and O–H groups in total. The first-order chi connectivity index (χ1) is 9.16. The highest BCUT2D eigenvalue weighted by atomic mass is 32.1. The average Bonchev–Trinajstić information content (AvgIpc) is 2.88. The predicted octanol–water partition coefficient (Wildman–Crippen LogP) is 3.74. The van der Waals surface area contributed by atoms with Gasteiger partial charge in [0.05, 0.1) is 15.6 Å². The summed E-state index contributed by atoms with van der Waals surface area (Å²) in [5.41, 5.74) is 2.06. The maximum absolute atomic E-state index is 12.7. The number of thiophene rings is 1. The molecule has 0 saturated heterocycles. The van der Waals surface area contributed by atoms with Gasteiger partial charge in [0, 0.05) is 4.88 Å². The van der Waals surface area contributed by atoms with Crippen LogP contribution in [0.4, 0.5) is 0 Å². The molecule has 0 spiro atoms. The summed E-state index contributed by atoms with van der Waals surface area (Å²) in [6, 6.07) is 7.94. The summed E-state index contributed by atoms with van der Waals surface area (Å²) in [6.07, 6.45) is 0. The number of aromatic nitrogens is 2. The number of para-hydroxylation sites is 1. The highest BCUT2D eigenvalue weighted by Gasteiger charge is 2.15. The van der Waals surface area contributed by atoms with Crippen LogP contribution >= 0.6 is 22.7 Å². The Balaban J connectivity index is 2.37. The molecule has 0 unspecified atom stereocenters. The molecule has 0 aliphatic rings. The van der Waals surface area contributed by atoms with Crippen LogP contribution in [0.25, 0.3) is 25.4 Å². The molecule has 0 atom stereocenters. The standard InChI is InChI=1S/C14H10N2OS2/c1-7-8(2)18-12-11(7)13(17)16-9-5-3-4-6-10(9)19-14(16)15-12/h3-6H,1-2H3. The van der Waals surface area contributed by atoms with Crippen molar-refractivity contribution in [2.45, 2.75) is 13.8 Å². The lowest BCUT2D eigenvalue weighted by Gasteiger charge is -1.96. The first kappa shape index (κ1) is 11.1. The predicted molar refractivity (Wildman–Crippen MR) is 81.7 cm³/mol. The second kappa shape index (κ2) is 3.65. The molecule has 0 aliphatic heterocycles. The molecule has 1 aromatic carbocycles. The Labute approximate surface area is 116 Å². The second-order valence-electron chi connectivity index (χ2n) is 4.57. The number of fused-ring (bicyclic) bond motifs is 4. The molecule has 0 radical (unpaired) electrons. The Hall–Kier alpha value is -1.72. The normalized spacial score (nSPS) is 11.9. The zero-order valence-corrected chi connectivity index (χ0v) is 12.1. The lowest BCUT2D eigenvalue weighted by Crippen LogP contribution is -2.13. The van der Waals surface area contributed by atoms with Crippen molar-refractivity contribution >= 4 is 48.1 Å². The van der Waals surface area contributed by atoms with Crippen molar-refractivity contribution in [3.63, 3.8) is 0 Å². The molecule has 0 aliphatic carbocycles. The third-order valence-corrected chi connectivity index (χ3v) is 5.60. The monoisotopic (exact) mass is 286 g/mol. The lowest BCUT2D eigenvalue weighted by atomic mass is 10.2. The van der Waals surface area contributed by atoms with Gasteiger partial charge in [-0.15, -0.1) is 11.3 Å². The molecule has 3 heterocycles. The van der Waals surface area contributed by atoms with Gasteiger partial charge in [-0.3, -0.25) is 9.20 Å². The van der Waals surface area contributed by atoms with E-state index in [0.29, 0.717) is 0 Å². The Morgan fingerprint density at radius 1 is 1.16 bits per heavy atom. The molecule has 0 amide bonds. The molecule has 5 heteroatoms. The molecule has 4 aromatic rings. The number of hydrogen-bond acceptors (Lipinski definition) is 4. The van der Waals surface area contributed by atoms with Gasteiger partial charge >= 0.3 is 0 Å². The molecule has 0 fully saturated rings. The van der Waals surface area contributed by atoms with Gasteiger partial charge < -0.3 is 0 Å². The van der Waals surface area contributed by atoms with Gasteiger partial charge in [0.15, 0.2) is 4.96 Å². The Kier molecular flexibility index (Phi) is 2.14. The maximum Gasteiger partial charge on any atom is 0.268 e. The summed E-state index contributed by atoms with van der Waals surface area (Å²) in [4.78, 5) is 20.2. The van der Waals surface area contributed by atoms with Crippen LogP contribution in [0, 0.1) is 13.8 Å². The van der Waals surface area contributed by atoms with Crippen molar-refractivity contribution in [1.82, 2.24) is 9.38 Å². The van der Waals surface area contributed by atoms with Crippen LogP contribution in [0.15, 0.2) is 29.1 Å². The molecule has 19 heavy (non-hydrogen) atoms. The molecular formula is C14H10N2OS2. The van der Waals surface area contributed by atoms with Gasteiger partial charge in [-0.2, -0.15) is 0 Å². The van der Waals surface area contributed by atoms with E-state index in [-0.39, 0.29) is 5.56 Å². The van der Waals surface area contributed by atoms with E-state index in [0.717, 1.165) is 31.0 Å². The Bertz CT molecular complexity index is 1010. The van der Waals surface area contributed by atoms with Gasteiger partial charge in [0.25, 0.3) is 5.56 Å². The Morgan fingerprint density at radius 2 is 1.95 bits per heavy atom. The molecule has 4 rings (SSSR count). The topological polar surface area (TPSA) is 34.4 Å². The van der Waals surface area contributed by atoms with Crippen molar-refractivity contribution in [2.24, 2.45) is 0 Å². The highest BCUT2D eigenvalue weighted by Crippen LogP contribution is 2.30. The van der Waals surface area contributed by atoms with Crippen LogP contribution in [-0.2, 0) is 0 Å². The number of rotatable bonds is 0. The van der Waals surface area contributed by atoms with Crippen molar-refractivity contribution < 1.29 is 0 Å². The molecule has 0 bridgehead atoms. The highest BCUT2D eigenvalue weighted by molar-refractivity contribution is 7.24. The van der Waals surface area contributed by atoms with E-state index in [1.54, 1.807) is 27.1 Å². The zero-order valence-electron chi connectivity index (χ0n) is 10.4. The fourth-order valence-electron chi connectivity index (χ4n) is 2.38. The number of hydrogen-bond donors (Lipinski definition) is 0. The number of nitrogens with zero attached hydrogens (tertiary/aromatic N) is 2. The fraction of sp³-hybridized carbons (Fsp3) is 0.143. The molecule has 3 aromatic heterocycles. The van der Waals surface area contributed by atoms with E-state index in [2.05, 4.69) is 4.98 Å². The average molecular weight is 286 g/mol. The van der Waals surface area contributed by atoms with Crippen molar-refractivity contribution in [2.75, 3.05) is 0 Å². The molecule has 3 nitrogen and oxygen atoms in total. The second-order valence-corrected chi connectivity index (χ2v) is 6.78. The summed E-state index contributed by atoms with van der Waals surface area (Å²) in [6.45, 7) is 4.04. The summed E-state index contributed by atoms with van der Waals surface area (Å²) in [7, 11) is 0. The summed E-state index contributed by atoms with van der Waals surface area (Å²) >= 11 is 3.16. The first-order valence-corrected chi connectivity index (χ1v) is 7.60. The van der Waals surface area contributed by atoms with Gasteiger partial charge in [0.2, 0.25) is 0 Å². The van der Waals surface area contributed by atoms with Crippen molar-refractivity contribution in [1.29, 1.82) is 0 Å². The summed E-state index contributed by atoms with van der Waals surface area (Å²) in [5, 5.41) is 0.767. The van der Waals surface area contributed by atoms with Gasteiger partial charge in [-0.05, 0) is 31.5 Å². The van der Waals surface area contributed by atoms with Gasteiger partial charge in [-0.1, -0.05) is 23.5 Å². The quantitative estimate of drug-likeness (QED) is 0.493.